The number of carboxylic acid groups (broad SMARTS) is 2. The molecular formula is C14H18O4. The average Bonchev–Trinajstić information content (AvgIpc) is 2.34. The molecule has 1 rings (SSSR count). The predicted molar refractivity (Wildman–Crippen MR) is 68.3 cm³/mol. The van der Waals surface area contributed by atoms with Crippen LogP contribution < -0.4 is 0 Å². The summed E-state index contributed by atoms with van der Waals surface area (Å²) in [4.78, 5) is 22.4. The number of hydrogen-bond acceptors (Lipinski definition) is 2. The second kappa shape index (κ2) is 6.19. The van der Waals surface area contributed by atoms with Gasteiger partial charge in [0.05, 0.1) is 11.1 Å². The standard InChI is InChI=1S/C14H18O4/c1-3-6-9(4-2)10-7-5-8-11(13(15)16)12(10)14(17)18/h5,7-9H,3-4,6H2,1-2H3,(H,15,16)(H,17,18). The summed E-state index contributed by atoms with van der Waals surface area (Å²) in [7, 11) is 0. The molecule has 0 aliphatic heterocycles. The quantitative estimate of drug-likeness (QED) is 0.811. The molecule has 1 aromatic rings. The van der Waals surface area contributed by atoms with Gasteiger partial charge in [0.2, 0.25) is 0 Å². The van der Waals surface area contributed by atoms with Gasteiger partial charge in [-0.2, -0.15) is 0 Å². The van der Waals surface area contributed by atoms with Crippen molar-refractivity contribution in [2.24, 2.45) is 0 Å². The van der Waals surface area contributed by atoms with E-state index in [9.17, 15) is 14.7 Å². The Kier molecular flexibility index (Phi) is 4.89. The van der Waals surface area contributed by atoms with Crippen LogP contribution in [-0.4, -0.2) is 22.2 Å². The van der Waals surface area contributed by atoms with Crippen LogP contribution in [0.2, 0.25) is 0 Å². The molecule has 0 spiro atoms. The van der Waals surface area contributed by atoms with Crippen LogP contribution in [0.5, 0.6) is 0 Å². The zero-order valence-electron chi connectivity index (χ0n) is 10.6. The number of aromatic carboxylic acids is 2. The highest BCUT2D eigenvalue weighted by molar-refractivity contribution is 6.02. The van der Waals surface area contributed by atoms with E-state index in [-0.39, 0.29) is 17.0 Å². The van der Waals surface area contributed by atoms with E-state index in [2.05, 4.69) is 0 Å². The highest BCUT2D eigenvalue weighted by atomic mass is 16.4. The second-order valence-electron chi connectivity index (χ2n) is 4.27. The van der Waals surface area contributed by atoms with Crippen LogP contribution in [-0.2, 0) is 0 Å². The Morgan fingerprint density at radius 3 is 2.28 bits per heavy atom. The number of benzene rings is 1. The number of carboxylic acids is 2. The lowest BCUT2D eigenvalue weighted by Crippen LogP contribution is -2.13. The van der Waals surface area contributed by atoms with Crippen molar-refractivity contribution in [3.05, 3.63) is 34.9 Å². The first-order chi connectivity index (χ1) is 8.52. The van der Waals surface area contributed by atoms with Crippen molar-refractivity contribution in [3.8, 4) is 0 Å². The second-order valence-corrected chi connectivity index (χ2v) is 4.27. The maximum Gasteiger partial charge on any atom is 0.336 e. The summed E-state index contributed by atoms with van der Waals surface area (Å²) in [6, 6.07) is 4.68. The molecule has 0 heterocycles. The number of carbonyl (C=O) groups is 2. The van der Waals surface area contributed by atoms with Gasteiger partial charge in [0.25, 0.3) is 0 Å². The number of hydrogen-bond donors (Lipinski definition) is 2. The summed E-state index contributed by atoms with van der Waals surface area (Å²) in [5.74, 6) is -2.27. The molecule has 1 aromatic carbocycles. The minimum atomic E-state index is -1.19. The Hall–Kier alpha value is -1.84. The Labute approximate surface area is 106 Å². The molecule has 0 aliphatic rings. The van der Waals surface area contributed by atoms with Crippen LogP contribution in [0.1, 0.15) is 65.3 Å². The van der Waals surface area contributed by atoms with Gasteiger partial charge in [0, 0.05) is 0 Å². The first kappa shape index (κ1) is 14.2. The lowest BCUT2D eigenvalue weighted by molar-refractivity contribution is 0.0650. The Bertz CT molecular complexity index is 451. The van der Waals surface area contributed by atoms with Crippen molar-refractivity contribution >= 4 is 11.9 Å². The van der Waals surface area contributed by atoms with E-state index < -0.39 is 11.9 Å². The largest absolute Gasteiger partial charge is 0.478 e. The first-order valence-electron chi connectivity index (χ1n) is 6.12. The van der Waals surface area contributed by atoms with Crippen molar-refractivity contribution in [3.63, 3.8) is 0 Å². The van der Waals surface area contributed by atoms with Crippen molar-refractivity contribution < 1.29 is 19.8 Å². The molecule has 0 saturated carbocycles. The molecule has 4 heteroatoms. The smallest absolute Gasteiger partial charge is 0.336 e. The normalized spacial score (nSPS) is 12.1. The Balaban J connectivity index is 3.38. The highest BCUT2D eigenvalue weighted by Crippen LogP contribution is 2.29. The van der Waals surface area contributed by atoms with Crippen molar-refractivity contribution in [2.45, 2.75) is 39.0 Å². The van der Waals surface area contributed by atoms with Crippen LogP contribution in [0.4, 0.5) is 0 Å². The van der Waals surface area contributed by atoms with Gasteiger partial charge in [-0.05, 0) is 30.4 Å². The van der Waals surface area contributed by atoms with Crippen molar-refractivity contribution in [1.29, 1.82) is 0 Å². The number of rotatable bonds is 6. The first-order valence-corrected chi connectivity index (χ1v) is 6.12. The maximum atomic E-state index is 11.3. The molecule has 0 amide bonds. The Morgan fingerprint density at radius 2 is 1.83 bits per heavy atom. The van der Waals surface area contributed by atoms with Gasteiger partial charge >= 0.3 is 11.9 Å². The molecular weight excluding hydrogens is 232 g/mol. The fourth-order valence-corrected chi connectivity index (χ4v) is 2.26. The summed E-state index contributed by atoms with van der Waals surface area (Å²) in [6.45, 7) is 4.02. The van der Waals surface area contributed by atoms with E-state index in [0.717, 1.165) is 19.3 Å². The van der Waals surface area contributed by atoms with Crippen molar-refractivity contribution in [1.82, 2.24) is 0 Å². The molecule has 18 heavy (non-hydrogen) atoms. The molecule has 98 valence electrons. The molecule has 4 nitrogen and oxygen atoms in total. The van der Waals surface area contributed by atoms with Gasteiger partial charge in [-0.3, -0.25) is 0 Å². The molecule has 1 atom stereocenters. The summed E-state index contributed by atoms with van der Waals surface area (Å²) >= 11 is 0. The van der Waals surface area contributed by atoms with E-state index in [0.29, 0.717) is 5.56 Å². The topological polar surface area (TPSA) is 74.6 Å². The van der Waals surface area contributed by atoms with Gasteiger partial charge < -0.3 is 10.2 Å². The molecule has 0 aliphatic carbocycles. The zero-order valence-corrected chi connectivity index (χ0v) is 10.6. The lowest BCUT2D eigenvalue weighted by Gasteiger charge is -2.18. The van der Waals surface area contributed by atoms with Gasteiger partial charge in [0.1, 0.15) is 0 Å². The van der Waals surface area contributed by atoms with Crippen molar-refractivity contribution in [2.75, 3.05) is 0 Å². The minimum absolute atomic E-state index is 0.0645. The molecule has 1 unspecified atom stereocenters. The van der Waals surface area contributed by atoms with Crippen LogP contribution in [0.25, 0.3) is 0 Å². The van der Waals surface area contributed by atoms with E-state index in [4.69, 9.17) is 5.11 Å². The minimum Gasteiger partial charge on any atom is -0.478 e. The van der Waals surface area contributed by atoms with Gasteiger partial charge in [-0.15, -0.1) is 0 Å². The average molecular weight is 250 g/mol. The SMILES string of the molecule is CCCC(CC)c1cccc(C(=O)O)c1C(=O)O. The molecule has 0 bridgehead atoms. The highest BCUT2D eigenvalue weighted by Gasteiger charge is 2.23. The third-order valence-electron chi connectivity index (χ3n) is 3.11. The van der Waals surface area contributed by atoms with Gasteiger partial charge in [0.15, 0.2) is 0 Å². The van der Waals surface area contributed by atoms with Crippen LogP contribution in [0, 0.1) is 0 Å². The van der Waals surface area contributed by atoms with Crippen LogP contribution >= 0.6 is 0 Å². The van der Waals surface area contributed by atoms with E-state index in [1.807, 2.05) is 13.8 Å². The zero-order chi connectivity index (χ0) is 13.7. The molecule has 0 fully saturated rings. The van der Waals surface area contributed by atoms with Gasteiger partial charge in [-0.25, -0.2) is 9.59 Å². The third-order valence-corrected chi connectivity index (χ3v) is 3.11. The molecule has 2 N–H and O–H groups in total. The van der Waals surface area contributed by atoms with Gasteiger partial charge in [-0.1, -0.05) is 32.4 Å². The predicted octanol–water partition coefficient (Wildman–Crippen LogP) is 3.38. The molecule has 0 aromatic heterocycles. The van der Waals surface area contributed by atoms with Crippen LogP contribution in [0.3, 0.4) is 0 Å². The molecule has 0 saturated heterocycles. The summed E-state index contributed by atoms with van der Waals surface area (Å²) < 4.78 is 0. The fourth-order valence-electron chi connectivity index (χ4n) is 2.26. The van der Waals surface area contributed by atoms with Crippen LogP contribution in [0.15, 0.2) is 18.2 Å². The maximum absolute atomic E-state index is 11.3. The fraction of sp³-hybridized carbons (Fsp3) is 0.429. The van der Waals surface area contributed by atoms with E-state index in [1.165, 1.54) is 6.07 Å². The third kappa shape index (κ3) is 2.88. The monoisotopic (exact) mass is 250 g/mol. The van der Waals surface area contributed by atoms with E-state index in [1.54, 1.807) is 12.1 Å². The molecule has 0 radical (unpaired) electrons. The summed E-state index contributed by atoms with van der Waals surface area (Å²) in [5.41, 5.74) is 0.437. The summed E-state index contributed by atoms with van der Waals surface area (Å²) in [5, 5.41) is 18.3. The Morgan fingerprint density at radius 1 is 1.17 bits per heavy atom. The lowest BCUT2D eigenvalue weighted by atomic mass is 9.86. The van der Waals surface area contributed by atoms with E-state index >= 15 is 0 Å². The summed E-state index contributed by atoms with van der Waals surface area (Å²) in [6.07, 6.45) is 2.60.